The average Bonchev–Trinajstić information content (AvgIpc) is 1.98. The summed E-state index contributed by atoms with van der Waals surface area (Å²) in [7, 11) is -5.14. The van der Waals surface area contributed by atoms with Gasteiger partial charge in [0.05, 0.1) is 21.0 Å². The van der Waals surface area contributed by atoms with Crippen LogP contribution in [0.15, 0.2) is 0 Å². The largest absolute Gasteiger partial charge is 2.00 e. The van der Waals surface area contributed by atoms with Crippen LogP contribution in [0.25, 0.3) is 0 Å². The topological polar surface area (TPSA) is 164 Å². The maximum Gasteiger partial charge on any atom is 2.00 e. The molecule has 0 aliphatic rings. The molecule has 2 atom stereocenters. The van der Waals surface area contributed by atoms with Gasteiger partial charge in [-0.25, -0.2) is 0 Å². The first-order valence-corrected chi connectivity index (χ1v) is 4.54. The standard InChI is InChI=1S/C4H10O4.Ca.H3O4P/c5-1-3(7)4(8)2-6;;1-5(2,3)4/h3-8H,1-2H2;;(H3,1,2,3,4)/q;+2;/p-2/t3-,4+;;. The minimum atomic E-state index is -5.14. The van der Waals surface area contributed by atoms with Crippen LogP contribution in [0.4, 0.5) is 0 Å². The first kappa shape index (κ1) is 20.6. The van der Waals surface area contributed by atoms with Crippen LogP contribution < -0.4 is 9.79 Å². The molecule has 0 saturated heterocycles. The zero-order valence-electron chi connectivity index (χ0n) is 7.18. The molecule has 0 saturated carbocycles. The molecule has 0 radical (unpaired) electrons. The number of rotatable bonds is 3. The number of hydrogen-bond acceptors (Lipinski definition) is 7. The summed E-state index contributed by atoms with van der Waals surface area (Å²) in [5, 5.41) is 33.2. The molecule has 5 N–H and O–H groups in total. The minimum absolute atomic E-state index is 0. The van der Waals surface area contributed by atoms with Gasteiger partial charge in [-0.15, -0.1) is 0 Å². The molecule has 14 heavy (non-hydrogen) atoms. The average molecular weight is 258 g/mol. The van der Waals surface area contributed by atoms with E-state index in [-0.39, 0.29) is 37.7 Å². The zero-order chi connectivity index (χ0) is 11.1. The molecule has 0 spiro atoms. The van der Waals surface area contributed by atoms with E-state index in [0.717, 1.165) is 0 Å². The van der Waals surface area contributed by atoms with Crippen LogP contribution in [-0.2, 0) is 4.57 Å². The van der Waals surface area contributed by atoms with Gasteiger partial charge in [0.15, 0.2) is 0 Å². The first-order valence-electron chi connectivity index (χ1n) is 3.05. The fraction of sp³-hybridized carbons (Fsp3) is 1.00. The van der Waals surface area contributed by atoms with E-state index < -0.39 is 33.2 Å². The predicted octanol–water partition coefficient (Wildman–Crippen LogP) is -4.88. The summed E-state index contributed by atoms with van der Waals surface area (Å²) in [6.07, 6.45) is -2.44. The molecule has 0 rings (SSSR count). The fourth-order valence-corrected chi connectivity index (χ4v) is 0.243. The van der Waals surface area contributed by atoms with Crippen molar-refractivity contribution in [2.24, 2.45) is 0 Å². The Kier molecular flexibility index (Phi) is 15.8. The molecular formula is C4H11CaO8P. The van der Waals surface area contributed by atoms with E-state index in [0.29, 0.717) is 0 Å². The second-order valence-corrected chi connectivity index (χ2v) is 2.91. The van der Waals surface area contributed by atoms with Gasteiger partial charge < -0.3 is 39.7 Å². The molecule has 8 nitrogen and oxygen atoms in total. The van der Waals surface area contributed by atoms with Crippen LogP contribution in [0, 0.1) is 0 Å². The fourth-order valence-electron chi connectivity index (χ4n) is 0.243. The van der Waals surface area contributed by atoms with Gasteiger partial charge in [-0.1, -0.05) is 0 Å². The summed E-state index contributed by atoms with van der Waals surface area (Å²) in [5.74, 6) is 0. The summed E-state index contributed by atoms with van der Waals surface area (Å²) >= 11 is 0. The summed E-state index contributed by atoms with van der Waals surface area (Å²) < 4.78 is 8.66. The van der Waals surface area contributed by atoms with Crippen LogP contribution in [0.1, 0.15) is 0 Å². The van der Waals surface area contributed by atoms with Gasteiger partial charge in [-0.05, 0) is 0 Å². The normalized spacial score (nSPS) is 14.5. The van der Waals surface area contributed by atoms with Crippen molar-refractivity contribution in [3.63, 3.8) is 0 Å². The smallest absolute Gasteiger partial charge is 0.790 e. The van der Waals surface area contributed by atoms with E-state index in [1.165, 1.54) is 0 Å². The Labute approximate surface area is 110 Å². The van der Waals surface area contributed by atoms with E-state index in [1.54, 1.807) is 0 Å². The third-order valence-corrected chi connectivity index (χ3v) is 0.818. The van der Waals surface area contributed by atoms with Crippen molar-refractivity contribution in [3.8, 4) is 0 Å². The van der Waals surface area contributed by atoms with Crippen LogP contribution in [-0.4, -0.2) is 88.5 Å². The molecule has 0 aliphatic heterocycles. The number of aliphatic hydroxyl groups is 4. The van der Waals surface area contributed by atoms with Gasteiger partial charge >= 0.3 is 37.7 Å². The van der Waals surface area contributed by atoms with E-state index in [2.05, 4.69) is 0 Å². The van der Waals surface area contributed by atoms with Gasteiger partial charge in [0.1, 0.15) is 12.2 Å². The Balaban J connectivity index is -0.000000177. The Morgan fingerprint density at radius 2 is 1.21 bits per heavy atom. The van der Waals surface area contributed by atoms with Gasteiger partial charge in [-0.3, -0.25) is 0 Å². The molecular weight excluding hydrogens is 247 g/mol. The third-order valence-electron chi connectivity index (χ3n) is 0.818. The third kappa shape index (κ3) is 23.2. The molecule has 0 aromatic carbocycles. The van der Waals surface area contributed by atoms with Gasteiger partial charge in [0.2, 0.25) is 0 Å². The quantitative estimate of drug-likeness (QED) is 0.248. The van der Waals surface area contributed by atoms with Crippen molar-refractivity contribution < 1.29 is 39.7 Å². The van der Waals surface area contributed by atoms with Gasteiger partial charge in [0.25, 0.3) is 0 Å². The predicted molar refractivity (Wildman–Crippen MR) is 41.8 cm³/mol. The Morgan fingerprint density at radius 1 is 1.07 bits per heavy atom. The molecule has 0 amide bonds. The van der Waals surface area contributed by atoms with Crippen LogP contribution in [0.3, 0.4) is 0 Å². The van der Waals surface area contributed by atoms with E-state index in [4.69, 9.17) is 39.7 Å². The number of hydrogen-bond donors (Lipinski definition) is 5. The Morgan fingerprint density at radius 3 is 1.29 bits per heavy atom. The molecule has 0 aromatic rings. The van der Waals surface area contributed by atoms with Gasteiger partial charge in [0, 0.05) is 0 Å². The first-order chi connectivity index (χ1) is 5.72. The van der Waals surface area contributed by atoms with Crippen LogP contribution >= 0.6 is 7.82 Å². The van der Waals surface area contributed by atoms with E-state index in [9.17, 15) is 0 Å². The van der Waals surface area contributed by atoms with Gasteiger partial charge in [-0.2, -0.15) is 0 Å². The minimum Gasteiger partial charge on any atom is -0.790 e. The molecule has 0 aromatic heterocycles. The second-order valence-electron chi connectivity index (χ2n) is 1.97. The van der Waals surface area contributed by atoms with Crippen LogP contribution in [0.2, 0.25) is 0 Å². The van der Waals surface area contributed by atoms with Crippen molar-refractivity contribution in [2.75, 3.05) is 13.2 Å². The number of aliphatic hydroxyl groups excluding tert-OH is 4. The second kappa shape index (κ2) is 10.7. The molecule has 82 valence electrons. The maximum absolute atomic E-state index is 8.66. The molecule has 0 aliphatic carbocycles. The summed E-state index contributed by atoms with van der Waals surface area (Å²) in [5.41, 5.74) is 0. The molecule has 0 unspecified atom stereocenters. The monoisotopic (exact) mass is 258 g/mol. The summed E-state index contributed by atoms with van der Waals surface area (Å²) in [6.45, 7) is -1.05. The van der Waals surface area contributed by atoms with Crippen molar-refractivity contribution in [2.45, 2.75) is 12.2 Å². The Hall–Kier alpha value is 1.21. The van der Waals surface area contributed by atoms with Crippen molar-refractivity contribution >= 4 is 45.6 Å². The van der Waals surface area contributed by atoms with E-state index in [1.807, 2.05) is 0 Å². The molecule has 0 bridgehead atoms. The van der Waals surface area contributed by atoms with Crippen molar-refractivity contribution in [1.29, 1.82) is 0 Å². The van der Waals surface area contributed by atoms with Crippen LogP contribution in [0.5, 0.6) is 0 Å². The molecule has 10 heteroatoms. The zero-order valence-corrected chi connectivity index (χ0v) is 10.3. The summed E-state index contributed by atoms with van der Waals surface area (Å²) in [4.78, 5) is 24.3. The van der Waals surface area contributed by atoms with Crippen molar-refractivity contribution in [3.05, 3.63) is 0 Å². The maximum atomic E-state index is 8.66. The number of phosphoric acid groups is 1. The molecule has 0 heterocycles. The van der Waals surface area contributed by atoms with Crippen molar-refractivity contribution in [1.82, 2.24) is 0 Å². The molecule has 0 fully saturated rings. The Bertz CT molecular complexity index is 143. The summed E-state index contributed by atoms with van der Waals surface area (Å²) in [6, 6.07) is 0. The van der Waals surface area contributed by atoms with E-state index >= 15 is 0 Å². The SMILES string of the molecule is O=P([O-])([O-])O.OC[C@@H](O)[C@@H](O)CO.[Ca+2].